The second kappa shape index (κ2) is 10.6. The van der Waals surface area contributed by atoms with E-state index in [1.807, 2.05) is 0 Å². The fourth-order valence-corrected chi connectivity index (χ4v) is 4.40. The lowest BCUT2D eigenvalue weighted by molar-refractivity contribution is -0.139. The van der Waals surface area contributed by atoms with Gasteiger partial charge < -0.3 is 14.8 Å². The second-order valence-corrected chi connectivity index (χ2v) is 9.14. The summed E-state index contributed by atoms with van der Waals surface area (Å²) < 4.78 is 44.2. The molecule has 0 amide bonds. The summed E-state index contributed by atoms with van der Waals surface area (Å²) in [5.41, 5.74) is 1.73. The quantitative estimate of drug-likeness (QED) is 0.328. The van der Waals surface area contributed by atoms with Crippen molar-refractivity contribution in [1.82, 2.24) is 30.1 Å². The SMILES string of the molecule is O=C(O)C[C@H]1CC[C@@H](Oc2ncc(-c3ccc(-c4nnc(-c5ccc(C(F)(F)F)cc5)[nH]4)cn3)cn2)CC1. The van der Waals surface area contributed by atoms with Gasteiger partial charge in [0.05, 0.1) is 11.3 Å². The average molecular weight is 525 g/mol. The van der Waals surface area contributed by atoms with Gasteiger partial charge in [-0.2, -0.15) is 13.2 Å². The number of carbonyl (C=O) groups is 1. The van der Waals surface area contributed by atoms with E-state index in [0.717, 1.165) is 37.8 Å². The fraction of sp³-hybridized carbons (Fsp3) is 0.308. The van der Waals surface area contributed by atoms with Crippen LogP contribution in [0.2, 0.25) is 0 Å². The zero-order valence-electron chi connectivity index (χ0n) is 20.0. The first kappa shape index (κ1) is 25.3. The molecule has 0 atom stereocenters. The molecule has 0 aliphatic heterocycles. The Morgan fingerprint density at radius 3 is 2.05 bits per heavy atom. The van der Waals surface area contributed by atoms with Crippen LogP contribution >= 0.6 is 0 Å². The minimum atomic E-state index is -4.40. The van der Waals surface area contributed by atoms with Crippen LogP contribution in [-0.2, 0) is 11.0 Å². The number of hydrogen-bond donors (Lipinski definition) is 2. The number of aromatic amines is 1. The average Bonchev–Trinajstić information content (AvgIpc) is 3.40. The summed E-state index contributed by atoms with van der Waals surface area (Å²) in [5, 5.41) is 17.1. The summed E-state index contributed by atoms with van der Waals surface area (Å²) in [5.74, 6) is 0.200. The minimum Gasteiger partial charge on any atom is -0.481 e. The summed E-state index contributed by atoms with van der Waals surface area (Å²) in [6.07, 6.45) is 3.77. The summed E-state index contributed by atoms with van der Waals surface area (Å²) >= 11 is 0. The predicted molar refractivity (Wildman–Crippen MR) is 130 cm³/mol. The van der Waals surface area contributed by atoms with E-state index >= 15 is 0 Å². The largest absolute Gasteiger partial charge is 0.481 e. The van der Waals surface area contributed by atoms with Gasteiger partial charge in [-0.05, 0) is 55.9 Å². The Hall–Kier alpha value is -4.35. The Morgan fingerprint density at radius 2 is 1.47 bits per heavy atom. The summed E-state index contributed by atoms with van der Waals surface area (Å²) in [7, 11) is 0. The first-order valence-electron chi connectivity index (χ1n) is 12.0. The Bertz CT molecular complexity index is 1380. The summed E-state index contributed by atoms with van der Waals surface area (Å²) in [6, 6.07) is 8.51. The molecule has 1 aromatic carbocycles. The molecular weight excluding hydrogens is 501 g/mol. The molecule has 3 aromatic heterocycles. The third-order valence-electron chi connectivity index (χ3n) is 6.46. The number of alkyl halides is 3. The number of rotatable bonds is 7. The molecule has 2 N–H and O–H groups in total. The van der Waals surface area contributed by atoms with Crippen LogP contribution in [-0.4, -0.2) is 47.3 Å². The van der Waals surface area contributed by atoms with Crippen LogP contribution in [0.15, 0.2) is 55.0 Å². The van der Waals surface area contributed by atoms with E-state index in [1.54, 1.807) is 30.7 Å². The van der Waals surface area contributed by atoms with Gasteiger partial charge >= 0.3 is 18.2 Å². The van der Waals surface area contributed by atoms with Crippen molar-refractivity contribution in [2.24, 2.45) is 5.92 Å². The zero-order chi connectivity index (χ0) is 26.7. The molecule has 12 heteroatoms. The Labute approximate surface area is 215 Å². The van der Waals surface area contributed by atoms with Crippen molar-refractivity contribution in [3.8, 4) is 40.0 Å². The molecule has 1 fully saturated rings. The number of nitrogens with zero attached hydrogens (tertiary/aromatic N) is 5. The molecule has 196 valence electrons. The first-order chi connectivity index (χ1) is 18.2. The highest BCUT2D eigenvalue weighted by Gasteiger charge is 2.30. The molecule has 0 unspecified atom stereocenters. The standard InChI is InChI=1S/C26H23F3N6O3/c27-26(28,29)19-6-3-16(4-7-19)23-33-24(35-34-23)17-5-10-21(30-12-17)18-13-31-25(32-14-18)38-20-8-1-15(2-9-20)11-22(36)37/h3-7,10,12-15,20H,1-2,8-9,11H2,(H,36,37)(H,33,34,35)/t15-,20+. The highest BCUT2D eigenvalue weighted by molar-refractivity contribution is 5.67. The molecule has 0 radical (unpaired) electrons. The smallest absolute Gasteiger partial charge is 0.416 e. The Balaban J connectivity index is 1.20. The van der Waals surface area contributed by atoms with Crippen LogP contribution in [0.1, 0.15) is 37.7 Å². The van der Waals surface area contributed by atoms with E-state index in [4.69, 9.17) is 9.84 Å². The molecule has 5 rings (SSSR count). The van der Waals surface area contributed by atoms with Gasteiger partial charge in [0, 0.05) is 41.7 Å². The van der Waals surface area contributed by atoms with E-state index in [2.05, 4.69) is 30.1 Å². The van der Waals surface area contributed by atoms with Gasteiger partial charge in [0.1, 0.15) is 6.10 Å². The van der Waals surface area contributed by atoms with Gasteiger partial charge in [0.15, 0.2) is 11.6 Å². The molecule has 1 aliphatic carbocycles. The molecule has 3 heterocycles. The fourth-order valence-electron chi connectivity index (χ4n) is 4.40. The van der Waals surface area contributed by atoms with Crippen molar-refractivity contribution >= 4 is 5.97 Å². The number of H-pyrrole nitrogens is 1. The highest BCUT2D eigenvalue weighted by atomic mass is 19.4. The molecule has 38 heavy (non-hydrogen) atoms. The van der Waals surface area contributed by atoms with Crippen LogP contribution in [0.25, 0.3) is 34.0 Å². The van der Waals surface area contributed by atoms with Crippen molar-refractivity contribution < 1.29 is 27.8 Å². The number of ether oxygens (including phenoxy) is 1. The Kier molecular flexibility index (Phi) is 7.03. The van der Waals surface area contributed by atoms with Gasteiger partial charge in [-0.3, -0.25) is 9.78 Å². The maximum absolute atomic E-state index is 12.8. The van der Waals surface area contributed by atoms with E-state index in [-0.39, 0.29) is 24.5 Å². The third-order valence-corrected chi connectivity index (χ3v) is 6.46. The van der Waals surface area contributed by atoms with Crippen molar-refractivity contribution in [3.05, 3.63) is 60.6 Å². The third kappa shape index (κ3) is 5.96. The highest BCUT2D eigenvalue weighted by Crippen LogP contribution is 2.31. The molecule has 1 aliphatic rings. The van der Waals surface area contributed by atoms with E-state index in [1.165, 1.54) is 12.1 Å². The first-order valence-corrected chi connectivity index (χ1v) is 12.0. The van der Waals surface area contributed by atoms with Crippen molar-refractivity contribution in [3.63, 3.8) is 0 Å². The number of carboxylic acid groups (broad SMARTS) is 1. The van der Waals surface area contributed by atoms with Gasteiger partial charge in [0.25, 0.3) is 0 Å². The van der Waals surface area contributed by atoms with E-state index < -0.39 is 17.7 Å². The number of benzene rings is 1. The van der Waals surface area contributed by atoms with Crippen molar-refractivity contribution in [2.75, 3.05) is 0 Å². The van der Waals surface area contributed by atoms with Gasteiger partial charge in [0.2, 0.25) is 0 Å². The lowest BCUT2D eigenvalue weighted by atomic mass is 9.85. The van der Waals surface area contributed by atoms with E-state index in [0.29, 0.717) is 34.0 Å². The molecular formula is C26H23F3N6O3. The lowest BCUT2D eigenvalue weighted by Crippen LogP contribution is -2.25. The molecule has 4 aromatic rings. The van der Waals surface area contributed by atoms with Gasteiger partial charge in [-0.25, -0.2) is 9.97 Å². The van der Waals surface area contributed by atoms with Crippen LogP contribution in [0.4, 0.5) is 13.2 Å². The number of nitrogens with one attached hydrogen (secondary N) is 1. The topological polar surface area (TPSA) is 127 Å². The number of aliphatic carboxylic acids is 1. The van der Waals surface area contributed by atoms with Gasteiger partial charge in [-0.15, -0.1) is 10.2 Å². The predicted octanol–water partition coefficient (Wildman–Crippen LogP) is 5.42. The maximum Gasteiger partial charge on any atom is 0.416 e. The second-order valence-electron chi connectivity index (χ2n) is 9.14. The number of hydrogen-bond acceptors (Lipinski definition) is 7. The molecule has 0 spiro atoms. The number of halogens is 3. The number of pyridine rings is 1. The molecule has 9 nitrogen and oxygen atoms in total. The summed E-state index contributed by atoms with van der Waals surface area (Å²) in [6.45, 7) is 0. The number of aromatic nitrogens is 6. The zero-order valence-corrected chi connectivity index (χ0v) is 20.0. The van der Waals surface area contributed by atoms with Crippen LogP contribution < -0.4 is 4.74 Å². The van der Waals surface area contributed by atoms with Gasteiger partial charge in [-0.1, -0.05) is 12.1 Å². The monoisotopic (exact) mass is 524 g/mol. The van der Waals surface area contributed by atoms with Crippen molar-refractivity contribution in [1.29, 1.82) is 0 Å². The maximum atomic E-state index is 12.8. The summed E-state index contributed by atoms with van der Waals surface area (Å²) in [4.78, 5) is 26.9. The van der Waals surface area contributed by atoms with Crippen LogP contribution in [0, 0.1) is 5.92 Å². The molecule has 0 saturated heterocycles. The normalized spacial score (nSPS) is 17.8. The van der Waals surface area contributed by atoms with Crippen LogP contribution in [0.5, 0.6) is 6.01 Å². The molecule has 1 saturated carbocycles. The minimum absolute atomic E-state index is 0.0299. The van der Waals surface area contributed by atoms with E-state index in [9.17, 15) is 18.0 Å². The lowest BCUT2D eigenvalue weighted by Gasteiger charge is -2.27. The van der Waals surface area contributed by atoms with Crippen LogP contribution in [0.3, 0.4) is 0 Å². The number of carboxylic acids is 1. The van der Waals surface area contributed by atoms with Crippen molar-refractivity contribution in [2.45, 2.75) is 44.4 Å². The molecule has 0 bridgehead atoms. The Morgan fingerprint density at radius 1 is 0.868 bits per heavy atom.